The third kappa shape index (κ3) is 5.03. The van der Waals surface area contributed by atoms with Crippen molar-refractivity contribution in [2.45, 2.75) is 57.8 Å². The third-order valence-corrected chi connectivity index (χ3v) is 5.62. The molecule has 4 atom stereocenters. The van der Waals surface area contributed by atoms with E-state index in [1.807, 2.05) is 25.1 Å². The summed E-state index contributed by atoms with van der Waals surface area (Å²) in [5, 5.41) is 22.2. The molecule has 2 amide bonds. The van der Waals surface area contributed by atoms with Crippen LogP contribution in [0.2, 0.25) is 0 Å². The average molecular weight is 430 g/mol. The summed E-state index contributed by atoms with van der Waals surface area (Å²) < 4.78 is 31.7. The lowest BCUT2D eigenvalue weighted by Crippen LogP contribution is -2.51. The maximum atomic E-state index is 12.2. The molecule has 30 heavy (non-hydrogen) atoms. The number of hydrogen-bond acceptors (Lipinski definition) is 3. The first kappa shape index (κ1) is 23.5. The summed E-state index contributed by atoms with van der Waals surface area (Å²) in [6.45, 7) is 6.25. The summed E-state index contributed by atoms with van der Waals surface area (Å²) in [5.74, 6) is -2.97. The minimum atomic E-state index is -5.08. The van der Waals surface area contributed by atoms with Crippen LogP contribution in [0, 0.1) is 11.3 Å². The Morgan fingerprint density at radius 2 is 1.60 bits per heavy atom. The summed E-state index contributed by atoms with van der Waals surface area (Å²) in [6.07, 6.45) is -3.84. The number of carbonyl (C=O) groups excluding carboxylic acids is 1. The molecule has 7 nitrogen and oxygen atoms in total. The van der Waals surface area contributed by atoms with E-state index in [9.17, 15) is 22.8 Å². The molecule has 3 rings (SSSR count). The average Bonchev–Trinajstić information content (AvgIpc) is 3.25. The summed E-state index contributed by atoms with van der Waals surface area (Å²) >= 11 is 0. The summed E-state index contributed by atoms with van der Waals surface area (Å²) in [4.78, 5) is 32.2. The number of rotatable bonds is 5. The molecule has 0 aliphatic heterocycles. The van der Waals surface area contributed by atoms with Crippen molar-refractivity contribution in [3.8, 4) is 0 Å². The first-order valence-electron chi connectivity index (χ1n) is 9.49. The van der Waals surface area contributed by atoms with E-state index >= 15 is 0 Å². The van der Waals surface area contributed by atoms with Gasteiger partial charge in [0.25, 0.3) is 0 Å². The number of alkyl halides is 3. The normalized spacial score (nSPS) is 25.0. The van der Waals surface area contributed by atoms with E-state index in [4.69, 9.17) is 15.0 Å². The minimum absolute atomic E-state index is 0.00126. The van der Waals surface area contributed by atoms with Gasteiger partial charge in [-0.15, -0.1) is 0 Å². The van der Waals surface area contributed by atoms with Crippen molar-refractivity contribution in [1.82, 2.24) is 10.6 Å². The maximum absolute atomic E-state index is 12.2. The van der Waals surface area contributed by atoms with Crippen LogP contribution in [0.4, 0.5) is 18.0 Å². The van der Waals surface area contributed by atoms with Gasteiger partial charge in [-0.3, -0.25) is 4.79 Å². The Hall–Kier alpha value is -2.78. The minimum Gasteiger partial charge on any atom is -0.481 e. The second-order valence-corrected chi connectivity index (χ2v) is 8.01. The van der Waals surface area contributed by atoms with E-state index in [0.29, 0.717) is 18.8 Å². The van der Waals surface area contributed by atoms with Crippen LogP contribution in [0.25, 0.3) is 0 Å². The van der Waals surface area contributed by atoms with Crippen LogP contribution >= 0.6 is 0 Å². The van der Waals surface area contributed by atoms with Crippen molar-refractivity contribution >= 4 is 18.0 Å². The molecule has 0 spiro atoms. The van der Waals surface area contributed by atoms with Crippen molar-refractivity contribution in [3.63, 3.8) is 0 Å². The molecule has 2 aliphatic rings. The Labute approximate surface area is 171 Å². The molecule has 1 aromatic carbocycles. The van der Waals surface area contributed by atoms with E-state index in [2.05, 4.69) is 30.5 Å². The molecule has 0 aromatic heterocycles. The fourth-order valence-electron chi connectivity index (χ4n) is 3.87. The lowest BCUT2D eigenvalue weighted by Gasteiger charge is -2.32. The van der Waals surface area contributed by atoms with Crippen molar-refractivity contribution in [2.24, 2.45) is 11.3 Å². The first-order chi connectivity index (χ1) is 13.8. The number of halogens is 3. The van der Waals surface area contributed by atoms with Gasteiger partial charge in [0.05, 0.1) is 11.5 Å². The predicted molar refractivity (Wildman–Crippen MR) is 101 cm³/mol. The number of hydrogen-bond donors (Lipinski definition) is 4. The van der Waals surface area contributed by atoms with E-state index in [0.717, 1.165) is 5.56 Å². The summed E-state index contributed by atoms with van der Waals surface area (Å²) in [6, 6.07) is 7.82. The highest BCUT2D eigenvalue weighted by Gasteiger charge is 2.72. The highest BCUT2D eigenvalue weighted by atomic mass is 19.4. The maximum Gasteiger partial charge on any atom is 0.490 e. The molecule has 0 saturated heterocycles. The van der Waals surface area contributed by atoms with Gasteiger partial charge in [-0.05, 0) is 42.7 Å². The van der Waals surface area contributed by atoms with Gasteiger partial charge in [0.15, 0.2) is 0 Å². The molecule has 1 aromatic rings. The molecular formula is C20H25F3N2O5. The van der Waals surface area contributed by atoms with Crippen molar-refractivity contribution in [3.05, 3.63) is 35.4 Å². The van der Waals surface area contributed by atoms with Crippen LogP contribution < -0.4 is 10.6 Å². The Morgan fingerprint density at radius 1 is 1.07 bits per heavy atom. The zero-order valence-electron chi connectivity index (χ0n) is 16.8. The number of fused-ring (bicyclic) bond motifs is 1. The Morgan fingerprint density at radius 3 is 2.00 bits per heavy atom. The SMILES string of the molecule is CC(C)c1ccccc1C(C)NC(=O)N[C@@H]1C[C@]2(C(=O)O)C[C@H]12.O=C(O)C(F)(F)F. The molecule has 0 bridgehead atoms. The largest absolute Gasteiger partial charge is 0.490 e. The van der Waals surface area contributed by atoms with E-state index in [-0.39, 0.29) is 24.0 Å². The predicted octanol–water partition coefficient (Wildman–Crippen LogP) is 3.67. The number of benzene rings is 1. The van der Waals surface area contributed by atoms with Gasteiger partial charge in [0.1, 0.15) is 0 Å². The topological polar surface area (TPSA) is 116 Å². The van der Waals surface area contributed by atoms with Crippen molar-refractivity contribution in [2.75, 3.05) is 0 Å². The molecule has 10 heteroatoms. The van der Waals surface area contributed by atoms with Crippen LogP contribution in [0.3, 0.4) is 0 Å². The van der Waals surface area contributed by atoms with Gasteiger partial charge < -0.3 is 20.8 Å². The van der Waals surface area contributed by atoms with E-state index in [1.54, 1.807) is 0 Å². The molecular weight excluding hydrogens is 405 g/mol. The molecule has 0 heterocycles. The Kier molecular flexibility index (Phi) is 6.68. The fraction of sp³-hybridized carbons (Fsp3) is 0.550. The number of carbonyl (C=O) groups is 3. The molecule has 1 unspecified atom stereocenters. The lowest BCUT2D eigenvalue weighted by molar-refractivity contribution is -0.192. The van der Waals surface area contributed by atoms with Gasteiger partial charge >= 0.3 is 24.1 Å². The molecule has 2 fully saturated rings. The van der Waals surface area contributed by atoms with Crippen LogP contribution in [0.5, 0.6) is 0 Å². The van der Waals surface area contributed by atoms with E-state index < -0.39 is 23.5 Å². The first-order valence-corrected chi connectivity index (χ1v) is 9.49. The molecule has 0 radical (unpaired) electrons. The van der Waals surface area contributed by atoms with Gasteiger partial charge in [0.2, 0.25) is 0 Å². The number of nitrogens with one attached hydrogen (secondary N) is 2. The molecule has 2 saturated carbocycles. The second-order valence-electron chi connectivity index (χ2n) is 8.01. The number of amides is 2. The zero-order valence-corrected chi connectivity index (χ0v) is 16.8. The van der Waals surface area contributed by atoms with E-state index in [1.165, 1.54) is 5.56 Å². The standard InChI is InChI=1S/C18H24N2O3.C2HF3O2/c1-10(2)12-6-4-5-7-13(12)11(3)19-17(23)20-15-9-18(16(21)22)8-14(15)18;3-2(4,5)1(6)7/h4-7,10-11,14-15H,8-9H2,1-3H3,(H,21,22)(H2,19,20,23);(H,6,7)/t11?,14-,15-,18-;/m1./s1. The molecule has 166 valence electrons. The number of aliphatic carboxylic acids is 2. The number of carboxylic acids is 2. The summed E-state index contributed by atoms with van der Waals surface area (Å²) in [5.41, 5.74) is 1.82. The fourth-order valence-corrected chi connectivity index (χ4v) is 3.87. The van der Waals surface area contributed by atoms with Crippen LogP contribution in [0.1, 0.15) is 56.7 Å². The highest BCUT2D eigenvalue weighted by molar-refractivity contribution is 5.82. The monoisotopic (exact) mass is 430 g/mol. The molecule has 4 N–H and O–H groups in total. The second kappa shape index (κ2) is 8.53. The Bertz CT molecular complexity index is 827. The zero-order chi connectivity index (χ0) is 22.9. The van der Waals surface area contributed by atoms with Crippen LogP contribution in [-0.2, 0) is 9.59 Å². The van der Waals surface area contributed by atoms with Crippen LogP contribution in [-0.4, -0.2) is 40.4 Å². The van der Waals surface area contributed by atoms with Gasteiger partial charge in [-0.2, -0.15) is 13.2 Å². The smallest absolute Gasteiger partial charge is 0.481 e. The van der Waals surface area contributed by atoms with Crippen LogP contribution in [0.15, 0.2) is 24.3 Å². The summed E-state index contributed by atoms with van der Waals surface area (Å²) in [7, 11) is 0. The third-order valence-electron chi connectivity index (χ3n) is 5.62. The highest BCUT2D eigenvalue weighted by Crippen LogP contribution is 2.67. The number of carboxylic acid groups (broad SMARTS) is 2. The number of urea groups is 1. The van der Waals surface area contributed by atoms with Gasteiger partial charge in [0, 0.05) is 6.04 Å². The van der Waals surface area contributed by atoms with Gasteiger partial charge in [-0.25, -0.2) is 9.59 Å². The van der Waals surface area contributed by atoms with Gasteiger partial charge in [-0.1, -0.05) is 38.1 Å². The van der Waals surface area contributed by atoms with Crippen molar-refractivity contribution in [1.29, 1.82) is 0 Å². The quantitative estimate of drug-likeness (QED) is 0.569. The lowest BCUT2D eigenvalue weighted by atomic mass is 9.80. The Balaban J connectivity index is 0.000000396. The molecule has 2 aliphatic carbocycles. The van der Waals surface area contributed by atoms with Crippen molar-refractivity contribution < 1.29 is 37.8 Å².